The van der Waals surface area contributed by atoms with Gasteiger partial charge in [0, 0.05) is 23.7 Å². The van der Waals surface area contributed by atoms with E-state index in [1.165, 1.54) is 0 Å². The van der Waals surface area contributed by atoms with Gasteiger partial charge >= 0.3 is 0 Å². The average molecular weight is 273 g/mol. The van der Waals surface area contributed by atoms with E-state index in [0.29, 0.717) is 11.7 Å². The molecule has 1 aromatic carbocycles. The summed E-state index contributed by atoms with van der Waals surface area (Å²) in [6.45, 7) is 2.66. The summed E-state index contributed by atoms with van der Waals surface area (Å²) in [7, 11) is 0. The molecule has 0 saturated carbocycles. The molecule has 4 heteroatoms. The lowest BCUT2D eigenvalue weighted by molar-refractivity contribution is 0.611. The molecule has 0 fully saturated rings. The van der Waals surface area contributed by atoms with Gasteiger partial charge in [0.05, 0.1) is 12.0 Å². The van der Waals surface area contributed by atoms with Crippen molar-refractivity contribution in [2.45, 2.75) is 13.5 Å². The maximum Gasteiger partial charge on any atom is 0.152 e. The van der Waals surface area contributed by atoms with Crippen molar-refractivity contribution in [3.05, 3.63) is 59.1 Å². The number of hydrogen-bond acceptors (Lipinski definition) is 3. The average Bonchev–Trinajstić information content (AvgIpc) is 2.82. The highest BCUT2D eigenvalue weighted by molar-refractivity contribution is 6.32. The molecule has 3 rings (SSSR count). The summed E-state index contributed by atoms with van der Waals surface area (Å²) >= 11 is 6.09. The highest BCUT2D eigenvalue weighted by Gasteiger charge is 2.08. The Kier molecular flexibility index (Phi) is 3.13. The molecule has 0 aliphatic heterocycles. The molecule has 3 aromatic rings. The molecule has 0 amide bonds. The highest BCUT2D eigenvalue weighted by Crippen LogP contribution is 2.26. The predicted molar refractivity (Wildman–Crippen MR) is 77.5 cm³/mol. The molecule has 0 unspecified atom stereocenters. The first-order chi connectivity index (χ1) is 9.25. The lowest BCUT2D eigenvalue weighted by Gasteiger charge is -2.09. The minimum Gasteiger partial charge on any atom is -0.464 e. The third-order valence-corrected chi connectivity index (χ3v) is 3.42. The van der Waals surface area contributed by atoms with E-state index in [-0.39, 0.29) is 0 Å². The van der Waals surface area contributed by atoms with Gasteiger partial charge in [0.2, 0.25) is 0 Å². The van der Waals surface area contributed by atoms with Crippen LogP contribution in [-0.4, -0.2) is 4.98 Å². The van der Waals surface area contributed by atoms with Crippen LogP contribution in [0.15, 0.2) is 47.2 Å². The third-order valence-electron chi connectivity index (χ3n) is 3.13. The monoisotopic (exact) mass is 272 g/mol. The summed E-state index contributed by atoms with van der Waals surface area (Å²) in [5, 5.41) is 4.93. The minimum absolute atomic E-state index is 0.493. The van der Waals surface area contributed by atoms with Crippen molar-refractivity contribution in [1.82, 2.24) is 4.98 Å². The molecule has 0 radical (unpaired) electrons. The second kappa shape index (κ2) is 4.94. The summed E-state index contributed by atoms with van der Waals surface area (Å²) in [5.41, 5.74) is 3.95. The Balaban J connectivity index is 1.87. The number of hydrogen-bond donors (Lipinski definition) is 1. The lowest BCUT2D eigenvalue weighted by atomic mass is 10.1. The third kappa shape index (κ3) is 2.29. The largest absolute Gasteiger partial charge is 0.464 e. The quantitative estimate of drug-likeness (QED) is 0.718. The van der Waals surface area contributed by atoms with E-state index >= 15 is 0 Å². The SMILES string of the molecule is Cc1ccnc(Cl)c1NCc1coc2ccccc12. The number of nitrogens with one attached hydrogen (secondary N) is 1. The van der Waals surface area contributed by atoms with Crippen LogP contribution in [0.2, 0.25) is 5.15 Å². The van der Waals surface area contributed by atoms with Gasteiger partial charge in [0.15, 0.2) is 5.15 Å². The molecule has 2 heterocycles. The number of nitrogens with zero attached hydrogens (tertiary/aromatic N) is 1. The Morgan fingerprint density at radius 2 is 2.11 bits per heavy atom. The normalized spacial score (nSPS) is 10.8. The second-order valence-electron chi connectivity index (χ2n) is 4.40. The molecule has 0 aliphatic carbocycles. The molecular formula is C15H13ClN2O. The van der Waals surface area contributed by atoms with Crippen molar-refractivity contribution in [3.63, 3.8) is 0 Å². The van der Waals surface area contributed by atoms with Crippen LogP contribution in [0, 0.1) is 6.92 Å². The van der Waals surface area contributed by atoms with Crippen molar-refractivity contribution in [2.24, 2.45) is 0 Å². The number of para-hydroxylation sites is 1. The lowest BCUT2D eigenvalue weighted by Crippen LogP contribution is -2.02. The Labute approximate surface area is 116 Å². The number of fused-ring (bicyclic) bond motifs is 1. The van der Waals surface area contributed by atoms with Crippen molar-refractivity contribution >= 4 is 28.3 Å². The first kappa shape index (κ1) is 12.1. The number of halogens is 1. The van der Waals surface area contributed by atoms with Crippen LogP contribution in [0.4, 0.5) is 5.69 Å². The van der Waals surface area contributed by atoms with Crippen molar-refractivity contribution in [1.29, 1.82) is 0 Å². The number of aromatic nitrogens is 1. The number of furan rings is 1. The molecule has 2 aromatic heterocycles. The van der Waals surface area contributed by atoms with Crippen molar-refractivity contribution < 1.29 is 4.42 Å². The molecule has 3 nitrogen and oxygen atoms in total. The topological polar surface area (TPSA) is 38.1 Å². The molecule has 19 heavy (non-hydrogen) atoms. The van der Waals surface area contributed by atoms with E-state index in [1.54, 1.807) is 12.5 Å². The fourth-order valence-electron chi connectivity index (χ4n) is 2.09. The van der Waals surface area contributed by atoms with Crippen LogP contribution in [0.25, 0.3) is 11.0 Å². The van der Waals surface area contributed by atoms with Gasteiger partial charge < -0.3 is 9.73 Å². The number of anilines is 1. The van der Waals surface area contributed by atoms with Gasteiger partial charge in [-0.3, -0.25) is 0 Å². The highest BCUT2D eigenvalue weighted by atomic mass is 35.5. The maximum atomic E-state index is 6.09. The van der Waals surface area contributed by atoms with Crippen LogP contribution in [0.5, 0.6) is 0 Å². The number of rotatable bonds is 3. The summed E-state index contributed by atoms with van der Waals surface area (Å²) in [6.07, 6.45) is 3.48. The van der Waals surface area contributed by atoms with E-state index in [0.717, 1.165) is 27.8 Å². The molecule has 0 saturated heterocycles. The zero-order chi connectivity index (χ0) is 13.2. The maximum absolute atomic E-state index is 6.09. The molecule has 1 N–H and O–H groups in total. The summed E-state index contributed by atoms with van der Waals surface area (Å²) in [5.74, 6) is 0. The summed E-state index contributed by atoms with van der Waals surface area (Å²) < 4.78 is 5.51. The second-order valence-corrected chi connectivity index (χ2v) is 4.76. The van der Waals surface area contributed by atoms with Crippen LogP contribution < -0.4 is 5.32 Å². The number of aryl methyl sites for hydroxylation is 1. The smallest absolute Gasteiger partial charge is 0.152 e. The molecule has 0 bridgehead atoms. The van der Waals surface area contributed by atoms with E-state index in [4.69, 9.17) is 16.0 Å². The van der Waals surface area contributed by atoms with E-state index in [9.17, 15) is 0 Å². The molecule has 0 aliphatic rings. The Hall–Kier alpha value is -2.00. The van der Waals surface area contributed by atoms with Crippen LogP contribution in [0.3, 0.4) is 0 Å². The summed E-state index contributed by atoms with van der Waals surface area (Å²) in [6, 6.07) is 9.91. The van der Waals surface area contributed by atoms with Gasteiger partial charge in [-0.1, -0.05) is 29.8 Å². The Morgan fingerprint density at radius 1 is 1.26 bits per heavy atom. The van der Waals surface area contributed by atoms with E-state index in [2.05, 4.69) is 10.3 Å². The van der Waals surface area contributed by atoms with Gasteiger partial charge in [0.1, 0.15) is 5.58 Å². The first-order valence-corrected chi connectivity index (χ1v) is 6.43. The predicted octanol–water partition coefficient (Wildman–Crippen LogP) is 4.40. The molecule has 0 atom stereocenters. The summed E-state index contributed by atoms with van der Waals surface area (Å²) in [4.78, 5) is 4.08. The Morgan fingerprint density at radius 3 is 2.95 bits per heavy atom. The van der Waals surface area contributed by atoms with Crippen LogP contribution in [0.1, 0.15) is 11.1 Å². The fraction of sp³-hybridized carbons (Fsp3) is 0.133. The van der Waals surface area contributed by atoms with Gasteiger partial charge in [0.25, 0.3) is 0 Å². The first-order valence-electron chi connectivity index (χ1n) is 6.06. The zero-order valence-electron chi connectivity index (χ0n) is 10.5. The van der Waals surface area contributed by atoms with Crippen molar-refractivity contribution in [3.8, 4) is 0 Å². The minimum atomic E-state index is 0.493. The molecule has 0 spiro atoms. The zero-order valence-corrected chi connectivity index (χ0v) is 11.2. The molecular weight excluding hydrogens is 260 g/mol. The molecule has 96 valence electrons. The van der Waals surface area contributed by atoms with Gasteiger partial charge in [-0.05, 0) is 24.6 Å². The van der Waals surface area contributed by atoms with Gasteiger partial charge in [-0.25, -0.2) is 4.98 Å². The van der Waals surface area contributed by atoms with E-state index in [1.807, 2.05) is 37.3 Å². The standard InChI is InChI=1S/C15H13ClN2O/c1-10-6-7-17-15(16)14(10)18-8-11-9-19-13-5-3-2-4-12(11)13/h2-7,9,18H,8H2,1H3. The number of pyridine rings is 1. The number of benzene rings is 1. The fourth-order valence-corrected chi connectivity index (χ4v) is 2.36. The van der Waals surface area contributed by atoms with Gasteiger partial charge in [-0.15, -0.1) is 0 Å². The van der Waals surface area contributed by atoms with Crippen molar-refractivity contribution in [2.75, 3.05) is 5.32 Å². The van der Waals surface area contributed by atoms with Gasteiger partial charge in [-0.2, -0.15) is 0 Å². The Bertz CT molecular complexity index is 701. The van der Waals surface area contributed by atoms with Crippen LogP contribution >= 0.6 is 11.6 Å². The van der Waals surface area contributed by atoms with Crippen LogP contribution in [-0.2, 0) is 6.54 Å². The van der Waals surface area contributed by atoms with E-state index < -0.39 is 0 Å².